The van der Waals surface area contributed by atoms with Gasteiger partial charge in [-0.3, -0.25) is 0 Å². The number of hydrogen-bond acceptors (Lipinski definition) is 0. The number of hydrogen-bond donors (Lipinski definition) is 0. The molecule has 0 radical (unpaired) electrons. The molecule has 4 atom stereocenters. The van der Waals surface area contributed by atoms with E-state index in [-0.39, 0.29) is 0 Å². The highest BCUT2D eigenvalue weighted by Crippen LogP contribution is 2.41. The fraction of sp³-hybridized carbons (Fsp3) is 1.00. The van der Waals surface area contributed by atoms with Crippen molar-refractivity contribution in [2.75, 3.05) is 0 Å². The van der Waals surface area contributed by atoms with Crippen LogP contribution >= 0.6 is 0 Å². The molecule has 0 heterocycles. The van der Waals surface area contributed by atoms with Gasteiger partial charge in [-0.2, -0.15) is 0 Å². The fourth-order valence-electron chi connectivity index (χ4n) is 3.85. The van der Waals surface area contributed by atoms with Gasteiger partial charge in [0.1, 0.15) is 0 Å². The average molecular weight is 224 g/mol. The van der Waals surface area contributed by atoms with Crippen LogP contribution in [0.5, 0.6) is 0 Å². The molecule has 0 amide bonds. The Labute approximate surface area is 103 Å². The van der Waals surface area contributed by atoms with Gasteiger partial charge in [0.25, 0.3) is 0 Å². The van der Waals surface area contributed by atoms with Gasteiger partial charge in [-0.25, -0.2) is 0 Å². The summed E-state index contributed by atoms with van der Waals surface area (Å²) in [6.45, 7) is 12.2. The Balaban J connectivity index is 2.57. The first-order chi connectivity index (χ1) is 7.61. The lowest BCUT2D eigenvalue weighted by Gasteiger charge is -2.35. The Hall–Kier alpha value is 0. The molecule has 0 aromatic carbocycles. The normalized spacial score (nSPS) is 25.3. The van der Waals surface area contributed by atoms with Crippen molar-refractivity contribution in [2.24, 2.45) is 29.6 Å². The summed E-state index contributed by atoms with van der Waals surface area (Å²) < 4.78 is 0. The highest BCUT2D eigenvalue weighted by Gasteiger charge is 2.31. The van der Waals surface area contributed by atoms with Crippen molar-refractivity contribution in [1.29, 1.82) is 0 Å². The van der Waals surface area contributed by atoms with Crippen molar-refractivity contribution in [3.8, 4) is 0 Å². The zero-order valence-electron chi connectivity index (χ0n) is 12.1. The maximum absolute atomic E-state index is 2.53. The van der Waals surface area contributed by atoms with Gasteiger partial charge in [0.05, 0.1) is 0 Å². The Kier molecular flexibility index (Phi) is 5.86. The molecule has 1 saturated carbocycles. The van der Waals surface area contributed by atoms with E-state index in [9.17, 15) is 0 Å². The molecule has 0 bridgehead atoms. The second kappa shape index (κ2) is 6.67. The molecule has 16 heavy (non-hydrogen) atoms. The van der Waals surface area contributed by atoms with E-state index >= 15 is 0 Å². The van der Waals surface area contributed by atoms with Crippen molar-refractivity contribution in [1.82, 2.24) is 0 Å². The lowest BCUT2D eigenvalue weighted by Crippen LogP contribution is -2.28. The molecule has 0 spiro atoms. The molecule has 4 unspecified atom stereocenters. The van der Waals surface area contributed by atoms with E-state index in [2.05, 4.69) is 34.6 Å². The van der Waals surface area contributed by atoms with E-state index < -0.39 is 0 Å². The highest BCUT2D eigenvalue weighted by atomic mass is 14.4. The van der Waals surface area contributed by atoms with E-state index in [0.717, 1.165) is 29.6 Å². The lowest BCUT2D eigenvalue weighted by molar-refractivity contribution is 0.141. The molecule has 1 fully saturated rings. The van der Waals surface area contributed by atoms with Crippen LogP contribution in [0.1, 0.15) is 73.1 Å². The van der Waals surface area contributed by atoms with Crippen LogP contribution in [0.3, 0.4) is 0 Å². The average Bonchev–Trinajstić information content (AvgIpc) is 2.82. The van der Waals surface area contributed by atoms with Gasteiger partial charge >= 0.3 is 0 Å². The molecule has 1 aliphatic rings. The van der Waals surface area contributed by atoms with Gasteiger partial charge in [-0.05, 0) is 29.6 Å². The van der Waals surface area contributed by atoms with Crippen LogP contribution in [0.2, 0.25) is 0 Å². The van der Waals surface area contributed by atoms with E-state index in [1.807, 2.05) is 0 Å². The lowest BCUT2D eigenvalue weighted by atomic mass is 9.70. The predicted octanol–water partition coefficient (Wildman–Crippen LogP) is 5.52. The largest absolute Gasteiger partial charge is 0.0651 e. The van der Waals surface area contributed by atoms with Crippen LogP contribution in [-0.4, -0.2) is 0 Å². The Morgan fingerprint density at radius 1 is 0.938 bits per heavy atom. The molecule has 1 rings (SSSR count). The molecule has 0 N–H and O–H groups in total. The summed E-state index contributed by atoms with van der Waals surface area (Å²) in [5.74, 6) is 4.76. The van der Waals surface area contributed by atoms with Gasteiger partial charge in [0, 0.05) is 0 Å². The first-order valence-corrected chi connectivity index (χ1v) is 7.61. The van der Waals surface area contributed by atoms with Crippen molar-refractivity contribution >= 4 is 0 Å². The second-order valence-corrected chi connectivity index (χ2v) is 6.22. The number of rotatable bonds is 6. The minimum atomic E-state index is 0.897. The molecule has 0 nitrogen and oxygen atoms in total. The maximum atomic E-state index is 2.53. The summed E-state index contributed by atoms with van der Waals surface area (Å²) in [6, 6.07) is 0. The van der Waals surface area contributed by atoms with Gasteiger partial charge in [0.15, 0.2) is 0 Å². The maximum Gasteiger partial charge on any atom is -0.0360 e. The molecule has 0 aromatic rings. The molecule has 0 aromatic heterocycles. The molecule has 0 aliphatic heterocycles. The smallest absolute Gasteiger partial charge is 0.0360 e. The van der Waals surface area contributed by atoms with Crippen molar-refractivity contribution in [2.45, 2.75) is 73.1 Å². The van der Waals surface area contributed by atoms with Crippen LogP contribution in [0.4, 0.5) is 0 Å². The van der Waals surface area contributed by atoms with Gasteiger partial charge in [-0.15, -0.1) is 0 Å². The summed E-state index contributed by atoms with van der Waals surface area (Å²) in [7, 11) is 0. The predicted molar refractivity (Wildman–Crippen MR) is 73.5 cm³/mol. The standard InChI is InChI=1S/C16H32/c1-6-12(3)13(4)16(7-2)14(5)15-10-8-9-11-15/h12-16H,6-11H2,1-5H3. The molecule has 96 valence electrons. The summed E-state index contributed by atoms with van der Waals surface area (Å²) in [5, 5.41) is 0. The molecule has 0 heteroatoms. The van der Waals surface area contributed by atoms with E-state index in [4.69, 9.17) is 0 Å². The van der Waals surface area contributed by atoms with Crippen LogP contribution in [-0.2, 0) is 0 Å². The minimum absolute atomic E-state index is 0.897. The molecule has 0 saturated heterocycles. The highest BCUT2D eigenvalue weighted by molar-refractivity contribution is 4.81. The second-order valence-electron chi connectivity index (χ2n) is 6.22. The Morgan fingerprint density at radius 3 is 1.94 bits per heavy atom. The van der Waals surface area contributed by atoms with Gasteiger partial charge in [-0.1, -0.05) is 73.1 Å². The monoisotopic (exact) mass is 224 g/mol. The molecule has 1 aliphatic carbocycles. The van der Waals surface area contributed by atoms with Crippen LogP contribution < -0.4 is 0 Å². The summed E-state index contributed by atoms with van der Waals surface area (Å²) in [5.41, 5.74) is 0. The van der Waals surface area contributed by atoms with Gasteiger partial charge < -0.3 is 0 Å². The first kappa shape index (κ1) is 14.1. The van der Waals surface area contributed by atoms with Crippen LogP contribution in [0, 0.1) is 29.6 Å². The fourth-order valence-corrected chi connectivity index (χ4v) is 3.85. The SMILES string of the molecule is CCC(C)C(C)C(CC)C(C)C1CCCC1. The Bertz CT molecular complexity index is 178. The third kappa shape index (κ3) is 3.25. The quantitative estimate of drug-likeness (QED) is 0.557. The molecular weight excluding hydrogens is 192 g/mol. The summed E-state index contributed by atoms with van der Waals surface area (Å²) in [6.07, 6.45) is 8.71. The zero-order chi connectivity index (χ0) is 12.1. The third-order valence-corrected chi connectivity index (χ3v) is 5.51. The topological polar surface area (TPSA) is 0 Å². The summed E-state index contributed by atoms with van der Waals surface area (Å²) >= 11 is 0. The van der Waals surface area contributed by atoms with Gasteiger partial charge in [0.2, 0.25) is 0 Å². The Morgan fingerprint density at radius 2 is 1.50 bits per heavy atom. The third-order valence-electron chi connectivity index (χ3n) is 5.51. The van der Waals surface area contributed by atoms with E-state index in [0.29, 0.717) is 0 Å². The van der Waals surface area contributed by atoms with Crippen molar-refractivity contribution < 1.29 is 0 Å². The van der Waals surface area contributed by atoms with Crippen LogP contribution in [0.25, 0.3) is 0 Å². The van der Waals surface area contributed by atoms with Crippen molar-refractivity contribution in [3.05, 3.63) is 0 Å². The van der Waals surface area contributed by atoms with Crippen molar-refractivity contribution in [3.63, 3.8) is 0 Å². The molecular formula is C16H32. The summed E-state index contributed by atoms with van der Waals surface area (Å²) in [4.78, 5) is 0. The van der Waals surface area contributed by atoms with E-state index in [1.54, 1.807) is 0 Å². The zero-order valence-corrected chi connectivity index (χ0v) is 12.1. The minimum Gasteiger partial charge on any atom is -0.0651 e. The van der Waals surface area contributed by atoms with Crippen LogP contribution in [0.15, 0.2) is 0 Å². The van der Waals surface area contributed by atoms with E-state index in [1.165, 1.54) is 38.5 Å². The first-order valence-electron chi connectivity index (χ1n) is 7.61.